The molecule has 2 nitrogen and oxygen atoms in total. The van der Waals surface area contributed by atoms with Crippen LogP contribution in [0.5, 0.6) is 5.75 Å². The van der Waals surface area contributed by atoms with Gasteiger partial charge in [-0.25, -0.2) is 0 Å². The van der Waals surface area contributed by atoms with Crippen LogP contribution in [0.3, 0.4) is 0 Å². The van der Waals surface area contributed by atoms with E-state index in [0.717, 1.165) is 24.4 Å². The minimum Gasteiger partial charge on any atom is -0.461 e. The van der Waals surface area contributed by atoms with Crippen LogP contribution in [0.4, 0.5) is 0 Å². The molecule has 0 aromatic heterocycles. The van der Waals surface area contributed by atoms with Gasteiger partial charge >= 0.3 is 0 Å². The molecule has 1 rings (SSSR count). The highest BCUT2D eigenvalue weighted by atomic mass is 35.5. The minimum atomic E-state index is 0.627. The third-order valence-corrected chi connectivity index (χ3v) is 2.87. The van der Waals surface area contributed by atoms with Gasteiger partial charge in [-0.2, -0.15) is 5.26 Å². The fourth-order valence-corrected chi connectivity index (χ4v) is 1.76. The lowest BCUT2D eigenvalue weighted by Crippen LogP contribution is -1.95. The summed E-state index contributed by atoms with van der Waals surface area (Å²) in [7, 11) is 0. The van der Waals surface area contributed by atoms with Crippen LogP contribution >= 0.6 is 11.6 Å². The molecule has 1 aromatic rings. The van der Waals surface area contributed by atoms with E-state index in [1.54, 1.807) is 24.3 Å². The number of benzene rings is 1. The summed E-state index contributed by atoms with van der Waals surface area (Å²) in [6.45, 7) is 2.19. The van der Waals surface area contributed by atoms with E-state index in [-0.39, 0.29) is 0 Å². The Hall–Kier alpha value is -1.46. The summed E-state index contributed by atoms with van der Waals surface area (Å²) in [5.41, 5.74) is 2.12. The number of rotatable bonds is 7. The first-order valence-electron chi connectivity index (χ1n) is 6.27. The van der Waals surface area contributed by atoms with Crippen LogP contribution in [0.2, 0.25) is 0 Å². The lowest BCUT2D eigenvalue weighted by atomic mass is 10.1. The summed E-state index contributed by atoms with van der Waals surface area (Å²) in [6.07, 6.45) is 5.59. The Kier molecular flexibility index (Phi) is 6.98. The molecule has 0 saturated carbocycles. The molecule has 0 spiro atoms. The van der Waals surface area contributed by atoms with Gasteiger partial charge in [-0.1, -0.05) is 37.8 Å². The number of hydrogen-bond donors (Lipinski definition) is 0. The molecule has 0 amide bonds. The summed E-state index contributed by atoms with van der Waals surface area (Å²) in [5.74, 6) is 1.49. The Labute approximate surface area is 114 Å². The maximum absolute atomic E-state index is 8.70. The number of nitrogens with zero attached hydrogens (tertiary/aromatic N) is 1. The van der Waals surface area contributed by atoms with Gasteiger partial charge in [-0.05, 0) is 30.7 Å². The van der Waals surface area contributed by atoms with Gasteiger partial charge in [0.2, 0.25) is 0 Å². The van der Waals surface area contributed by atoms with Crippen molar-refractivity contribution in [2.75, 3.05) is 0 Å². The number of allylic oxidation sites excluding steroid dienone is 1. The lowest BCUT2D eigenvalue weighted by molar-refractivity contribution is 0.397. The number of hydrogen-bond acceptors (Lipinski definition) is 2. The van der Waals surface area contributed by atoms with Crippen molar-refractivity contribution >= 4 is 11.6 Å². The first-order chi connectivity index (χ1) is 8.80. The van der Waals surface area contributed by atoms with Gasteiger partial charge in [0.15, 0.2) is 0 Å². The fraction of sp³-hybridized carbons (Fsp3) is 0.400. The number of halogens is 1. The van der Waals surface area contributed by atoms with Crippen molar-refractivity contribution in [2.45, 2.75) is 39.0 Å². The SMILES string of the molecule is CCCCCC/C(=C\Cl)Oc1ccc(C#N)cc1. The molecule has 0 fully saturated rings. The highest BCUT2D eigenvalue weighted by Gasteiger charge is 2.01. The standard InChI is InChI=1S/C15H18ClNO/c1-2-3-4-5-6-15(11-16)18-14-9-7-13(12-17)8-10-14/h7-11H,2-6H2,1H3/b15-11+. The molecule has 1 aromatic carbocycles. The summed E-state index contributed by atoms with van der Waals surface area (Å²) < 4.78 is 5.66. The quantitative estimate of drug-likeness (QED) is 0.513. The molecule has 18 heavy (non-hydrogen) atoms. The van der Waals surface area contributed by atoms with Crippen LogP contribution < -0.4 is 4.74 Å². The molecular formula is C15H18ClNO. The van der Waals surface area contributed by atoms with Gasteiger partial charge in [-0.15, -0.1) is 0 Å². The molecule has 0 N–H and O–H groups in total. The Bertz CT molecular complexity index is 417. The van der Waals surface area contributed by atoms with Gasteiger partial charge < -0.3 is 4.74 Å². The fourth-order valence-electron chi connectivity index (χ4n) is 1.60. The zero-order valence-corrected chi connectivity index (χ0v) is 11.4. The molecule has 0 bridgehead atoms. The average Bonchev–Trinajstić information content (AvgIpc) is 2.43. The van der Waals surface area contributed by atoms with Gasteiger partial charge in [-0.3, -0.25) is 0 Å². The zero-order valence-electron chi connectivity index (χ0n) is 10.7. The molecule has 0 aliphatic heterocycles. The number of unbranched alkanes of at least 4 members (excludes halogenated alkanes) is 3. The second-order valence-corrected chi connectivity index (χ2v) is 4.34. The topological polar surface area (TPSA) is 33.0 Å². The molecule has 0 unspecified atom stereocenters. The van der Waals surface area contributed by atoms with E-state index in [9.17, 15) is 0 Å². The van der Waals surface area contributed by atoms with Crippen LogP contribution in [0.1, 0.15) is 44.6 Å². The summed E-state index contributed by atoms with van der Waals surface area (Å²) in [6, 6.07) is 9.11. The van der Waals surface area contributed by atoms with E-state index in [2.05, 4.69) is 13.0 Å². The van der Waals surface area contributed by atoms with Crippen molar-refractivity contribution in [1.82, 2.24) is 0 Å². The first kappa shape index (κ1) is 14.6. The normalized spacial score (nSPS) is 11.1. The molecule has 0 aliphatic rings. The van der Waals surface area contributed by atoms with Crippen LogP contribution in [0, 0.1) is 11.3 Å². The lowest BCUT2D eigenvalue weighted by Gasteiger charge is -2.09. The molecule has 96 valence electrons. The summed E-state index contributed by atoms with van der Waals surface area (Å²) in [5, 5.41) is 8.70. The Morgan fingerprint density at radius 1 is 1.28 bits per heavy atom. The zero-order chi connectivity index (χ0) is 13.2. The molecular weight excluding hydrogens is 246 g/mol. The average molecular weight is 264 g/mol. The molecule has 0 aliphatic carbocycles. The van der Waals surface area contributed by atoms with Crippen molar-refractivity contribution in [1.29, 1.82) is 5.26 Å². The van der Waals surface area contributed by atoms with Crippen molar-refractivity contribution < 1.29 is 4.74 Å². The molecule has 3 heteroatoms. The van der Waals surface area contributed by atoms with Crippen LogP contribution in [0.25, 0.3) is 0 Å². The monoisotopic (exact) mass is 263 g/mol. The van der Waals surface area contributed by atoms with Crippen LogP contribution in [-0.4, -0.2) is 0 Å². The molecule has 0 saturated heterocycles. The predicted molar refractivity (Wildman–Crippen MR) is 74.5 cm³/mol. The van der Waals surface area contributed by atoms with E-state index in [1.807, 2.05) is 0 Å². The highest BCUT2D eigenvalue weighted by Crippen LogP contribution is 2.19. The number of ether oxygens (including phenoxy) is 1. The van der Waals surface area contributed by atoms with Crippen molar-refractivity contribution in [3.05, 3.63) is 41.1 Å². The Morgan fingerprint density at radius 3 is 2.56 bits per heavy atom. The van der Waals surface area contributed by atoms with E-state index in [0.29, 0.717) is 5.56 Å². The Balaban J connectivity index is 2.45. The highest BCUT2D eigenvalue weighted by molar-refractivity contribution is 6.25. The van der Waals surface area contributed by atoms with Crippen molar-refractivity contribution in [2.24, 2.45) is 0 Å². The smallest absolute Gasteiger partial charge is 0.127 e. The van der Waals surface area contributed by atoms with E-state index in [4.69, 9.17) is 21.6 Å². The van der Waals surface area contributed by atoms with Crippen molar-refractivity contribution in [3.63, 3.8) is 0 Å². The second-order valence-electron chi connectivity index (χ2n) is 4.12. The second kappa shape index (κ2) is 8.60. The van der Waals surface area contributed by atoms with E-state index < -0.39 is 0 Å². The predicted octanol–water partition coefficient (Wildman–Crippen LogP) is 4.99. The minimum absolute atomic E-state index is 0.627. The van der Waals surface area contributed by atoms with Gasteiger partial charge in [0.1, 0.15) is 11.5 Å². The van der Waals surface area contributed by atoms with E-state index >= 15 is 0 Å². The molecule has 0 atom stereocenters. The third-order valence-electron chi connectivity index (χ3n) is 2.63. The molecule has 0 heterocycles. The van der Waals surface area contributed by atoms with Gasteiger partial charge in [0.25, 0.3) is 0 Å². The maximum Gasteiger partial charge on any atom is 0.127 e. The number of nitriles is 1. The van der Waals surface area contributed by atoms with Gasteiger partial charge in [0, 0.05) is 12.0 Å². The Morgan fingerprint density at radius 2 is 2.00 bits per heavy atom. The van der Waals surface area contributed by atoms with Crippen LogP contribution in [0.15, 0.2) is 35.6 Å². The van der Waals surface area contributed by atoms with Crippen LogP contribution in [-0.2, 0) is 0 Å². The largest absolute Gasteiger partial charge is 0.461 e. The van der Waals surface area contributed by atoms with Crippen molar-refractivity contribution in [3.8, 4) is 11.8 Å². The first-order valence-corrected chi connectivity index (χ1v) is 6.71. The molecule has 0 radical (unpaired) electrons. The van der Waals surface area contributed by atoms with E-state index in [1.165, 1.54) is 24.8 Å². The summed E-state index contributed by atoms with van der Waals surface area (Å²) >= 11 is 5.75. The third kappa shape index (κ3) is 5.25. The van der Waals surface area contributed by atoms with Gasteiger partial charge in [0.05, 0.1) is 11.6 Å². The maximum atomic E-state index is 8.70. The summed E-state index contributed by atoms with van der Waals surface area (Å²) in [4.78, 5) is 0.